The lowest BCUT2D eigenvalue weighted by Gasteiger charge is -2.02. The lowest BCUT2D eigenvalue weighted by Crippen LogP contribution is -1.91. The van der Waals surface area contributed by atoms with Gasteiger partial charge in [-0.2, -0.15) is 5.10 Å². The van der Waals surface area contributed by atoms with Crippen molar-refractivity contribution in [1.29, 1.82) is 0 Å². The second kappa shape index (κ2) is 5.76. The van der Waals surface area contributed by atoms with Gasteiger partial charge in [-0.1, -0.05) is 41.4 Å². The maximum atomic E-state index is 9.47. The van der Waals surface area contributed by atoms with Crippen molar-refractivity contribution in [2.45, 2.75) is 0 Å². The zero-order valence-electron chi connectivity index (χ0n) is 9.27. The topological polar surface area (TPSA) is 44.6 Å². The molecule has 5 heteroatoms. The number of anilines is 1. The average Bonchev–Trinajstić information content (AvgIpc) is 2.37. The quantitative estimate of drug-likeness (QED) is 0.655. The maximum absolute atomic E-state index is 9.47. The molecular formula is C13H10Cl2N2O. The van der Waals surface area contributed by atoms with Crippen LogP contribution in [0.1, 0.15) is 5.56 Å². The van der Waals surface area contributed by atoms with Crippen LogP contribution in [0.3, 0.4) is 0 Å². The zero-order chi connectivity index (χ0) is 13.0. The molecule has 0 spiro atoms. The fraction of sp³-hybridized carbons (Fsp3) is 0. The summed E-state index contributed by atoms with van der Waals surface area (Å²) in [4.78, 5) is 0. The standard InChI is InChI=1S/C13H10Cl2N2O/c14-11-7-12(15)13(18)6-9(11)8-16-17-10-4-2-1-3-5-10/h1-8,17-18H. The number of halogens is 2. The highest BCUT2D eigenvalue weighted by Crippen LogP contribution is 2.29. The number of nitrogens with one attached hydrogen (secondary N) is 1. The molecule has 0 aliphatic carbocycles. The molecular weight excluding hydrogens is 271 g/mol. The van der Waals surface area contributed by atoms with E-state index in [2.05, 4.69) is 10.5 Å². The van der Waals surface area contributed by atoms with Crippen LogP contribution in [0.2, 0.25) is 10.0 Å². The number of nitrogens with zero attached hydrogens (tertiary/aromatic N) is 1. The van der Waals surface area contributed by atoms with E-state index in [1.807, 2.05) is 30.3 Å². The molecule has 0 saturated heterocycles. The Morgan fingerprint density at radius 1 is 1.06 bits per heavy atom. The second-order valence-corrected chi connectivity index (χ2v) is 4.38. The van der Waals surface area contributed by atoms with Crippen molar-refractivity contribution in [1.82, 2.24) is 0 Å². The molecule has 0 bridgehead atoms. The van der Waals surface area contributed by atoms with Crippen LogP contribution in [0.5, 0.6) is 5.75 Å². The number of para-hydroxylation sites is 1. The van der Waals surface area contributed by atoms with Crippen LogP contribution in [0.4, 0.5) is 5.69 Å². The Labute approximate surface area is 115 Å². The van der Waals surface area contributed by atoms with Gasteiger partial charge in [0.15, 0.2) is 0 Å². The van der Waals surface area contributed by atoms with Gasteiger partial charge in [0.2, 0.25) is 0 Å². The summed E-state index contributed by atoms with van der Waals surface area (Å²) in [6, 6.07) is 12.4. The Kier molecular flexibility index (Phi) is 4.07. The van der Waals surface area contributed by atoms with Crippen molar-refractivity contribution in [3.8, 4) is 5.75 Å². The van der Waals surface area contributed by atoms with E-state index >= 15 is 0 Å². The number of aromatic hydroxyl groups is 1. The summed E-state index contributed by atoms with van der Waals surface area (Å²) in [6.07, 6.45) is 1.52. The summed E-state index contributed by atoms with van der Waals surface area (Å²) >= 11 is 11.7. The fourth-order valence-electron chi connectivity index (χ4n) is 1.34. The molecule has 2 aromatic rings. The third kappa shape index (κ3) is 3.15. The molecule has 92 valence electrons. The Morgan fingerprint density at radius 3 is 2.50 bits per heavy atom. The molecule has 0 saturated carbocycles. The van der Waals surface area contributed by atoms with E-state index in [1.165, 1.54) is 18.3 Å². The summed E-state index contributed by atoms with van der Waals surface area (Å²) in [5.74, 6) is -0.0257. The zero-order valence-corrected chi connectivity index (χ0v) is 10.8. The van der Waals surface area contributed by atoms with E-state index < -0.39 is 0 Å². The summed E-state index contributed by atoms with van der Waals surface area (Å²) in [5.41, 5.74) is 4.30. The van der Waals surface area contributed by atoms with Gasteiger partial charge >= 0.3 is 0 Å². The van der Waals surface area contributed by atoms with Gasteiger partial charge < -0.3 is 5.11 Å². The molecule has 0 fully saturated rings. The minimum Gasteiger partial charge on any atom is -0.506 e. The highest BCUT2D eigenvalue weighted by molar-refractivity contribution is 6.37. The molecule has 18 heavy (non-hydrogen) atoms. The third-order valence-electron chi connectivity index (χ3n) is 2.24. The van der Waals surface area contributed by atoms with Crippen molar-refractivity contribution in [3.63, 3.8) is 0 Å². The normalized spacial score (nSPS) is 10.8. The number of rotatable bonds is 3. The molecule has 0 unspecified atom stereocenters. The fourth-order valence-corrected chi connectivity index (χ4v) is 1.77. The highest BCUT2D eigenvalue weighted by atomic mass is 35.5. The first-order chi connectivity index (χ1) is 8.66. The summed E-state index contributed by atoms with van der Waals surface area (Å²) in [5, 5.41) is 14.1. The van der Waals surface area contributed by atoms with Gasteiger partial charge in [0.1, 0.15) is 5.75 Å². The molecule has 0 aliphatic heterocycles. The third-order valence-corrected chi connectivity index (χ3v) is 2.87. The molecule has 3 nitrogen and oxygen atoms in total. The molecule has 0 amide bonds. The van der Waals surface area contributed by atoms with Crippen LogP contribution in [-0.4, -0.2) is 11.3 Å². The SMILES string of the molecule is Oc1cc(C=NNc2ccccc2)c(Cl)cc1Cl. The molecule has 0 atom stereocenters. The van der Waals surface area contributed by atoms with Gasteiger partial charge in [0.25, 0.3) is 0 Å². The van der Waals surface area contributed by atoms with Crippen LogP contribution in [0.25, 0.3) is 0 Å². The Bertz CT molecular complexity index is 571. The first kappa shape index (κ1) is 12.7. The molecule has 0 aromatic heterocycles. The van der Waals surface area contributed by atoms with Crippen molar-refractivity contribution in [2.75, 3.05) is 5.43 Å². The molecule has 0 aliphatic rings. The largest absolute Gasteiger partial charge is 0.506 e. The molecule has 2 rings (SSSR count). The maximum Gasteiger partial charge on any atom is 0.134 e. The number of hydrazone groups is 1. The van der Waals surface area contributed by atoms with Crippen molar-refractivity contribution in [3.05, 3.63) is 58.1 Å². The lowest BCUT2D eigenvalue weighted by atomic mass is 10.2. The Hall–Kier alpha value is -1.71. The smallest absolute Gasteiger partial charge is 0.134 e. The number of phenols is 1. The molecule has 2 aromatic carbocycles. The van der Waals surface area contributed by atoms with Gasteiger partial charge in [-0.05, 0) is 24.3 Å². The van der Waals surface area contributed by atoms with Crippen molar-refractivity contribution >= 4 is 35.1 Å². The van der Waals surface area contributed by atoms with E-state index in [0.717, 1.165) is 5.69 Å². The number of phenolic OH excluding ortho intramolecular Hbond substituents is 1. The van der Waals surface area contributed by atoms with Crippen molar-refractivity contribution in [2.24, 2.45) is 5.10 Å². The predicted octanol–water partition coefficient (Wildman–Crippen LogP) is 4.15. The minimum absolute atomic E-state index is 0.0257. The second-order valence-electron chi connectivity index (χ2n) is 3.56. The van der Waals surface area contributed by atoms with Gasteiger partial charge in [-0.3, -0.25) is 5.43 Å². The highest BCUT2D eigenvalue weighted by Gasteiger charge is 2.04. The van der Waals surface area contributed by atoms with E-state index in [0.29, 0.717) is 10.6 Å². The average molecular weight is 281 g/mol. The first-order valence-corrected chi connectivity index (χ1v) is 5.94. The Balaban J connectivity index is 2.12. The van der Waals surface area contributed by atoms with Gasteiger partial charge in [-0.15, -0.1) is 0 Å². The lowest BCUT2D eigenvalue weighted by molar-refractivity contribution is 0.475. The van der Waals surface area contributed by atoms with Crippen molar-refractivity contribution < 1.29 is 5.11 Å². The van der Waals surface area contributed by atoms with Crippen LogP contribution < -0.4 is 5.43 Å². The van der Waals surface area contributed by atoms with Crippen LogP contribution >= 0.6 is 23.2 Å². The van der Waals surface area contributed by atoms with Crippen LogP contribution in [-0.2, 0) is 0 Å². The summed E-state index contributed by atoms with van der Waals surface area (Å²) in [6.45, 7) is 0. The summed E-state index contributed by atoms with van der Waals surface area (Å²) < 4.78 is 0. The van der Waals surface area contributed by atoms with E-state index in [-0.39, 0.29) is 10.8 Å². The van der Waals surface area contributed by atoms with Crippen LogP contribution in [0.15, 0.2) is 47.6 Å². The Morgan fingerprint density at radius 2 is 1.78 bits per heavy atom. The molecule has 2 N–H and O–H groups in total. The predicted molar refractivity (Wildman–Crippen MR) is 75.8 cm³/mol. The first-order valence-electron chi connectivity index (χ1n) is 5.19. The number of benzene rings is 2. The van der Waals surface area contributed by atoms with E-state index in [9.17, 15) is 5.11 Å². The monoisotopic (exact) mass is 280 g/mol. The molecule has 0 radical (unpaired) electrons. The number of hydrogen-bond acceptors (Lipinski definition) is 3. The minimum atomic E-state index is -0.0257. The summed E-state index contributed by atoms with van der Waals surface area (Å²) in [7, 11) is 0. The van der Waals surface area contributed by atoms with E-state index in [1.54, 1.807) is 0 Å². The van der Waals surface area contributed by atoms with Gasteiger partial charge in [0.05, 0.1) is 21.9 Å². The van der Waals surface area contributed by atoms with E-state index in [4.69, 9.17) is 23.2 Å². The number of hydrogen-bond donors (Lipinski definition) is 2. The molecule has 0 heterocycles. The van der Waals surface area contributed by atoms with Gasteiger partial charge in [-0.25, -0.2) is 0 Å². The van der Waals surface area contributed by atoms with Crippen LogP contribution in [0, 0.1) is 0 Å². The van der Waals surface area contributed by atoms with Gasteiger partial charge in [0, 0.05) is 5.56 Å².